The van der Waals surface area contributed by atoms with Crippen LogP contribution in [0, 0.1) is 0 Å². The van der Waals surface area contributed by atoms with Crippen LogP contribution in [0.2, 0.25) is 5.02 Å². The summed E-state index contributed by atoms with van der Waals surface area (Å²) in [4.78, 5) is 2.30. The van der Waals surface area contributed by atoms with Gasteiger partial charge in [-0.05, 0) is 44.5 Å². The van der Waals surface area contributed by atoms with Crippen LogP contribution >= 0.6 is 11.6 Å². The molecule has 1 fully saturated rings. The lowest BCUT2D eigenvalue weighted by atomic mass is 9.89. The monoisotopic (exact) mass is 252 g/mol. The molecule has 2 N–H and O–H groups in total. The molecule has 1 heterocycles. The molecule has 0 aromatic heterocycles. The van der Waals surface area contributed by atoms with E-state index in [1.54, 1.807) is 0 Å². The first-order valence-corrected chi connectivity index (χ1v) is 6.49. The minimum atomic E-state index is -0.179. The molecule has 0 amide bonds. The van der Waals surface area contributed by atoms with Gasteiger partial charge in [0.25, 0.3) is 0 Å². The second kappa shape index (κ2) is 4.60. The summed E-state index contributed by atoms with van der Waals surface area (Å²) in [6, 6.07) is 6.40. The number of likely N-dealkylation sites (tertiary alicyclic amines) is 1. The van der Waals surface area contributed by atoms with Crippen LogP contribution in [0.1, 0.15) is 30.9 Å². The molecule has 1 aromatic rings. The zero-order chi connectivity index (χ0) is 12.6. The number of nitrogens with two attached hydrogens (primary N) is 1. The van der Waals surface area contributed by atoms with Crippen molar-refractivity contribution in [3.05, 3.63) is 34.3 Å². The van der Waals surface area contributed by atoms with Crippen molar-refractivity contribution in [2.45, 2.75) is 31.7 Å². The predicted octanol–water partition coefficient (Wildman–Crippen LogP) is 2.65. The Bertz CT molecular complexity index is 403. The van der Waals surface area contributed by atoms with Crippen LogP contribution in [0.3, 0.4) is 0 Å². The number of hydrogen-bond donors (Lipinski definition) is 1. The summed E-state index contributed by atoms with van der Waals surface area (Å²) < 4.78 is 0. The Morgan fingerprint density at radius 2 is 2.06 bits per heavy atom. The SMILES string of the molecule is CN1CC(c2ccc(CC(C)(C)N)cc2Cl)C1. The number of rotatable bonds is 3. The first kappa shape index (κ1) is 12.9. The van der Waals surface area contributed by atoms with Crippen LogP contribution in [0.15, 0.2) is 18.2 Å². The molecule has 2 rings (SSSR count). The lowest BCUT2D eigenvalue weighted by Gasteiger charge is -2.37. The van der Waals surface area contributed by atoms with Gasteiger partial charge in [0.05, 0.1) is 0 Å². The number of likely N-dealkylation sites (N-methyl/N-ethyl adjacent to an activating group) is 1. The van der Waals surface area contributed by atoms with Crippen molar-refractivity contribution in [2.24, 2.45) is 5.73 Å². The molecule has 0 radical (unpaired) electrons. The van der Waals surface area contributed by atoms with Crippen molar-refractivity contribution in [1.29, 1.82) is 0 Å². The molecule has 1 saturated heterocycles. The molecule has 0 spiro atoms. The molecule has 17 heavy (non-hydrogen) atoms. The highest BCUT2D eigenvalue weighted by Crippen LogP contribution is 2.32. The van der Waals surface area contributed by atoms with Crippen LogP contribution in [0.5, 0.6) is 0 Å². The summed E-state index contributed by atoms with van der Waals surface area (Å²) in [6.45, 7) is 6.30. The molecule has 94 valence electrons. The van der Waals surface area contributed by atoms with Crippen molar-refractivity contribution in [2.75, 3.05) is 20.1 Å². The highest BCUT2D eigenvalue weighted by Gasteiger charge is 2.26. The maximum absolute atomic E-state index is 6.35. The van der Waals surface area contributed by atoms with Gasteiger partial charge < -0.3 is 10.6 Å². The van der Waals surface area contributed by atoms with E-state index < -0.39 is 0 Å². The van der Waals surface area contributed by atoms with E-state index in [-0.39, 0.29) is 5.54 Å². The van der Waals surface area contributed by atoms with E-state index in [1.807, 2.05) is 13.8 Å². The van der Waals surface area contributed by atoms with Crippen LogP contribution < -0.4 is 5.73 Å². The van der Waals surface area contributed by atoms with E-state index in [2.05, 4.69) is 30.1 Å². The lowest BCUT2D eigenvalue weighted by molar-refractivity contribution is 0.190. The van der Waals surface area contributed by atoms with Crippen molar-refractivity contribution in [3.63, 3.8) is 0 Å². The van der Waals surface area contributed by atoms with Crippen molar-refractivity contribution in [1.82, 2.24) is 4.90 Å². The maximum Gasteiger partial charge on any atom is 0.0444 e. The van der Waals surface area contributed by atoms with E-state index in [0.717, 1.165) is 24.5 Å². The van der Waals surface area contributed by atoms with Crippen LogP contribution in [0.4, 0.5) is 0 Å². The minimum absolute atomic E-state index is 0.179. The minimum Gasteiger partial charge on any atom is -0.325 e. The van der Waals surface area contributed by atoms with E-state index >= 15 is 0 Å². The van der Waals surface area contributed by atoms with Crippen LogP contribution in [-0.2, 0) is 6.42 Å². The molecule has 0 aliphatic carbocycles. The van der Waals surface area contributed by atoms with Crippen molar-refractivity contribution in [3.8, 4) is 0 Å². The fraction of sp³-hybridized carbons (Fsp3) is 0.571. The second-order valence-corrected chi connectivity index (χ2v) is 6.35. The van der Waals surface area contributed by atoms with Gasteiger partial charge in [0.1, 0.15) is 0 Å². The fourth-order valence-corrected chi connectivity index (χ4v) is 2.79. The first-order valence-electron chi connectivity index (χ1n) is 6.11. The summed E-state index contributed by atoms with van der Waals surface area (Å²) >= 11 is 6.35. The standard InChI is InChI=1S/C14H21ClN2/c1-14(2,16)7-10-4-5-12(13(15)6-10)11-8-17(3)9-11/h4-6,11H,7-9,16H2,1-3H3. The Morgan fingerprint density at radius 1 is 1.41 bits per heavy atom. The Kier molecular flexibility index (Phi) is 3.48. The lowest BCUT2D eigenvalue weighted by Crippen LogP contribution is -2.41. The number of halogens is 1. The molecule has 1 aliphatic rings. The zero-order valence-corrected chi connectivity index (χ0v) is 11.6. The highest BCUT2D eigenvalue weighted by molar-refractivity contribution is 6.31. The van der Waals surface area contributed by atoms with Gasteiger partial charge in [0.15, 0.2) is 0 Å². The van der Waals surface area contributed by atoms with Crippen LogP contribution in [0.25, 0.3) is 0 Å². The third-order valence-electron chi connectivity index (χ3n) is 3.23. The molecular weight excluding hydrogens is 232 g/mol. The maximum atomic E-state index is 6.35. The van der Waals surface area contributed by atoms with Crippen molar-refractivity contribution < 1.29 is 0 Å². The van der Waals surface area contributed by atoms with E-state index in [9.17, 15) is 0 Å². The quantitative estimate of drug-likeness (QED) is 0.896. The fourth-order valence-electron chi connectivity index (χ4n) is 2.43. The summed E-state index contributed by atoms with van der Waals surface area (Å²) in [6.07, 6.45) is 0.859. The van der Waals surface area contributed by atoms with Gasteiger partial charge in [-0.1, -0.05) is 23.7 Å². The molecular formula is C14H21ClN2. The second-order valence-electron chi connectivity index (χ2n) is 5.94. The van der Waals surface area contributed by atoms with Gasteiger partial charge in [-0.2, -0.15) is 0 Å². The smallest absolute Gasteiger partial charge is 0.0444 e. The van der Waals surface area contributed by atoms with Gasteiger partial charge >= 0.3 is 0 Å². The first-order chi connectivity index (χ1) is 7.85. The molecule has 1 aliphatic heterocycles. The largest absolute Gasteiger partial charge is 0.325 e. The van der Waals surface area contributed by atoms with Gasteiger partial charge in [0, 0.05) is 29.6 Å². The Balaban J connectivity index is 2.12. The molecule has 0 saturated carbocycles. The normalized spacial score (nSPS) is 18.2. The highest BCUT2D eigenvalue weighted by atomic mass is 35.5. The topological polar surface area (TPSA) is 29.3 Å². The van der Waals surface area contributed by atoms with E-state index in [4.69, 9.17) is 17.3 Å². The number of hydrogen-bond acceptors (Lipinski definition) is 2. The van der Waals surface area contributed by atoms with Crippen LogP contribution in [-0.4, -0.2) is 30.6 Å². The molecule has 3 heteroatoms. The van der Waals surface area contributed by atoms with Gasteiger partial charge in [0.2, 0.25) is 0 Å². The average Bonchev–Trinajstić information content (AvgIpc) is 2.11. The summed E-state index contributed by atoms with van der Waals surface area (Å²) in [7, 11) is 2.13. The Labute approximate surface area is 109 Å². The van der Waals surface area contributed by atoms with E-state index in [1.165, 1.54) is 11.1 Å². The third kappa shape index (κ3) is 3.21. The van der Waals surface area contributed by atoms with Gasteiger partial charge in [-0.3, -0.25) is 0 Å². The third-order valence-corrected chi connectivity index (χ3v) is 3.56. The molecule has 0 unspecified atom stereocenters. The molecule has 1 aromatic carbocycles. The molecule has 2 nitrogen and oxygen atoms in total. The summed E-state index contributed by atoms with van der Waals surface area (Å²) in [5, 5.41) is 0.893. The Morgan fingerprint density at radius 3 is 2.53 bits per heavy atom. The van der Waals surface area contributed by atoms with E-state index in [0.29, 0.717) is 5.92 Å². The molecule has 0 atom stereocenters. The number of nitrogens with zero attached hydrogens (tertiary/aromatic N) is 1. The zero-order valence-electron chi connectivity index (χ0n) is 10.8. The molecule has 0 bridgehead atoms. The van der Waals surface area contributed by atoms with Gasteiger partial charge in [-0.15, -0.1) is 0 Å². The number of benzene rings is 1. The average molecular weight is 253 g/mol. The predicted molar refractivity (Wildman–Crippen MR) is 73.7 cm³/mol. The Hall–Kier alpha value is -0.570. The summed E-state index contributed by atoms with van der Waals surface area (Å²) in [5.41, 5.74) is 8.34. The van der Waals surface area contributed by atoms with Gasteiger partial charge in [-0.25, -0.2) is 0 Å². The summed E-state index contributed by atoms with van der Waals surface area (Å²) in [5.74, 6) is 0.604. The van der Waals surface area contributed by atoms with Crippen molar-refractivity contribution >= 4 is 11.6 Å².